The van der Waals surface area contributed by atoms with E-state index in [4.69, 9.17) is 57.4 Å². The van der Waals surface area contributed by atoms with Crippen LogP contribution in [0, 0.1) is 5.92 Å². The fourth-order valence-electron chi connectivity index (χ4n) is 15.5. The van der Waals surface area contributed by atoms with Crippen LogP contribution in [0.2, 0.25) is 10.0 Å². The number of nitrogens with two attached hydrogens (primary N) is 1. The molecule has 0 aliphatic carbocycles. The van der Waals surface area contributed by atoms with Gasteiger partial charge in [-0.05, 0) is 140 Å². The van der Waals surface area contributed by atoms with Gasteiger partial charge in [-0.3, -0.25) is 54.1 Å². The highest BCUT2D eigenvalue weighted by Crippen LogP contribution is 2.50. The molecule has 127 heavy (non-hydrogen) atoms. The number of halogens is 5. The molecule has 0 spiro atoms. The topological polar surface area (TPSA) is 577 Å². The van der Waals surface area contributed by atoms with Crippen LogP contribution in [0.25, 0.3) is 11.1 Å². The van der Waals surface area contributed by atoms with E-state index in [1.54, 1.807) is 18.9 Å². The van der Waals surface area contributed by atoms with Gasteiger partial charge in [0.25, 0.3) is 5.91 Å². The number of nitrogens with zero attached hydrogens (tertiary/aromatic N) is 2. The van der Waals surface area contributed by atoms with Gasteiger partial charge in [0, 0.05) is 80.7 Å². The molecule has 10 amide bonds. The summed E-state index contributed by atoms with van der Waals surface area (Å²) in [6.45, 7) is 9.67. The molecule has 23 N–H and O–H groups in total. The first-order valence-electron chi connectivity index (χ1n) is 40.3. The number of carbonyl (C=O) groups excluding carboxylic acids is 9. The van der Waals surface area contributed by atoms with Gasteiger partial charge in [0.05, 0.1) is 41.3 Å². The molecule has 0 aromatic heterocycles. The number of carbonyl (C=O) groups is 9. The molecule has 6 aromatic carbocycles. The van der Waals surface area contributed by atoms with Gasteiger partial charge < -0.3 is 133 Å². The number of aliphatic hydroxyl groups excluding tert-OH is 6. The standard InChI is InChI=1S/C82H98Cl2F3N15O25/c1-7-91-99-78(119)62-45-30-42(104)31-51(106)59(45)44-25-37(8-15-50(44)105)60-74(115)98-64(77(118)96-62)66(109)39-10-17-53(47(84)27-39)123-55-29-40-28-54(122-52-16-9-38(26-46(52)83)65(108)63(97-72(113)48(89-6)24-35(2)3)76(117)93-49(32-57(88)107)73(114)94-61(40)75(116)95-60)69(55)126-79-70(68(111)67(110)56(34-103)124-79)125-58-33-81(5,71(112)36(4)121-58)90-18-19-101-20-22-102(23-21-101)100-80(120)92-41-11-13-43(14-12-41)127-82(85,86)87/h8-17,25-31,35-36,48-49,56,58,60-68,70-71,79,89-91,103-106,108-112H,7,18-24,32-34H2,1-6H3,(H2,88,107)(H,93,117)(H,94,114)(H,95,116)(H,96,118)(H,97,113)(H,98,115)(H,99,119)(H2,92,100,120)/t36?,48?,49?,56?,58?,60?,61?,62-,63?,64?,65?,66?,67?,68?,70?,71?,79?,81-/m1/s1. The lowest BCUT2D eigenvalue weighted by atomic mass is 9.85. The number of benzene rings is 6. The number of amides is 10. The minimum Gasteiger partial charge on any atom is -0.508 e. The van der Waals surface area contributed by atoms with Crippen LogP contribution >= 0.6 is 23.2 Å². The second-order valence-electron chi connectivity index (χ2n) is 31.7. The van der Waals surface area contributed by atoms with Crippen LogP contribution in [-0.4, -0.2) is 254 Å². The van der Waals surface area contributed by atoms with Gasteiger partial charge in [-0.25, -0.2) is 15.2 Å². The van der Waals surface area contributed by atoms with Crippen LogP contribution in [0.1, 0.15) is 112 Å². The van der Waals surface area contributed by atoms with Gasteiger partial charge in [-0.2, -0.15) is 0 Å². The molecule has 0 saturated carbocycles. The SMILES string of the molecule is CCNNC(=O)[C@@H]1NC(=O)C2NC(=O)C(NC(=O)C3NC(=O)C(CC(N)=O)NC(=O)C(NC(=O)C(CC(C)C)NC)C(O)c4ccc(c(Cl)c4)Oc4cc3cc(c4OC3OC(CO)C(O)C(O)C3OC3C[C@@](C)(NCCN4CCN(NC(=O)Nc5ccc(OC(F)(F)F)cc5)CC4)C(O)C(C)O3)Oc3ccc(cc3Cl)C2O)c2ccc(O)c(c2)-c2c(O)cc(O)cc21. The fraction of sp³-hybridized carbons (Fsp3) is 0.451. The number of aliphatic hydroxyl groups is 6. The number of hydrogen-bond acceptors (Lipinski definition) is 30. The maximum Gasteiger partial charge on any atom is 0.573 e. The zero-order valence-electron chi connectivity index (χ0n) is 68.9. The molecular formula is C82H98Cl2F3N15O25. The summed E-state index contributed by atoms with van der Waals surface area (Å²) in [5.41, 5.74) is 9.89. The molecule has 8 aliphatic rings. The molecule has 45 heteroatoms. The van der Waals surface area contributed by atoms with E-state index in [0.29, 0.717) is 32.7 Å². The lowest BCUT2D eigenvalue weighted by molar-refractivity contribution is -0.334. The predicted molar refractivity (Wildman–Crippen MR) is 441 cm³/mol. The Hall–Kier alpha value is -11.2. The van der Waals surface area contributed by atoms with Crippen LogP contribution in [-0.2, 0) is 52.6 Å². The summed E-state index contributed by atoms with van der Waals surface area (Å²) < 4.78 is 81.6. The van der Waals surface area contributed by atoms with E-state index in [0.717, 1.165) is 72.8 Å². The molecule has 40 nitrogen and oxygen atoms in total. The third kappa shape index (κ3) is 22.5. The number of rotatable bonds is 22. The van der Waals surface area contributed by atoms with E-state index in [-0.39, 0.29) is 65.0 Å². The molecular weight excluding hydrogens is 1720 g/mol. The number of phenols is 3. The Bertz CT molecular complexity index is 5090. The minimum absolute atomic E-state index is 0.100. The Balaban J connectivity index is 0.960. The molecule has 11 bridgehead atoms. The van der Waals surface area contributed by atoms with Crippen molar-refractivity contribution in [3.05, 3.63) is 141 Å². The van der Waals surface area contributed by atoms with E-state index in [1.165, 1.54) is 44.3 Å². The number of likely N-dealkylation sites (N-methyl/N-ethyl adjacent to an activating group) is 1. The number of hydrogen-bond donors (Lipinski definition) is 22. The molecule has 686 valence electrons. The quantitative estimate of drug-likeness (QED) is 0.0429. The van der Waals surface area contributed by atoms with Crippen molar-refractivity contribution in [1.82, 2.24) is 68.7 Å². The summed E-state index contributed by atoms with van der Waals surface area (Å²) in [6, 6.07) is 3.77. The number of fused-ring (bicyclic) bond motifs is 15. The Labute approximate surface area is 732 Å². The number of urea groups is 1. The van der Waals surface area contributed by atoms with Crippen molar-refractivity contribution in [1.29, 1.82) is 0 Å². The zero-order chi connectivity index (χ0) is 91.9. The smallest absolute Gasteiger partial charge is 0.508 e. The van der Waals surface area contributed by atoms with Crippen molar-refractivity contribution in [2.45, 2.75) is 169 Å². The first-order valence-corrected chi connectivity index (χ1v) is 41.1. The average molecular weight is 1820 g/mol. The highest BCUT2D eigenvalue weighted by molar-refractivity contribution is 6.32. The molecule has 8 aliphatic heterocycles. The second kappa shape index (κ2) is 40.4. The van der Waals surface area contributed by atoms with E-state index >= 15 is 24.0 Å². The third-order valence-corrected chi connectivity index (χ3v) is 22.7. The van der Waals surface area contributed by atoms with Gasteiger partial charge in [0.15, 0.2) is 23.9 Å². The first-order chi connectivity index (χ1) is 60.2. The fourth-order valence-corrected chi connectivity index (χ4v) is 16.0. The second-order valence-corrected chi connectivity index (χ2v) is 32.5. The number of phenolic OH excluding ortho intramolecular Hbond substituents is 3. The van der Waals surface area contributed by atoms with Crippen molar-refractivity contribution in [3.63, 3.8) is 0 Å². The number of primary amides is 1. The Morgan fingerprint density at radius 1 is 0.717 bits per heavy atom. The predicted octanol–water partition coefficient (Wildman–Crippen LogP) is 1.55. The lowest BCUT2D eigenvalue weighted by Gasteiger charge is -2.48. The zero-order valence-corrected chi connectivity index (χ0v) is 70.4. The Morgan fingerprint density at radius 3 is 1.96 bits per heavy atom. The van der Waals surface area contributed by atoms with Crippen LogP contribution in [0.3, 0.4) is 0 Å². The van der Waals surface area contributed by atoms with E-state index in [1.807, 2.05) is 13.8 Å². The summed E-state index contributed by atoms with van der Waals surface area (Å²) in [7, 11) is 1.47. The third-order valence-electron chi connectivity index (χ3n) is 22.1. The van der Waals surface area contributed by atoms with Gasteiger partial charge in [0.1, 0.15) is 101 Å². The normalized spacial score (nSPS) is 26.9. The van der Waals surface area contributed by atoms with E-state index in [9.17, 15) is 78.3 Å². The highest BCUT2D eigenvalue weighted by atomic mass is 35.5. The molecule has 6 aromatic rings. The Morgan fingerprint density at radius 2 is 1.35 bits per heavy atom. The monoisotopic (exact) mass is 1820 g/mol. The minimum atomic E-state index is -4.91. The first kappa shape index (κ1) is 94.9. The number of nitrogens with one attached hydrogen (secondary N) is 12. The number of aromatic hydroxyl groups is 3. The molecule has 8 heterocycles. The van der Waals surface area contributed by atoms with Crippen LogP contribution in [0.5, 0.6) is 51.7 Å². The number of piperazine rings is 1. The van der Waals surface area contributed by atoms with Crippen LogP contribution in [0.4, 0.5) is 23.7 Å². The van der Waals surface area contributed by atoms with Gasteiger partial charge in [-0.1, -0.05) is 62.2 Å². The molecule has 14 rings (SSSR count). The summed E-state index contributed by atoms with van der Waals surface area (Å²) in [5, 5.41) is 131. The van der Waals surface area contributed by atoms with Crippen molar-refractivity contribution in [2.75, 3.05) is 64.8 Å². The molecule has 16 unspecified atom stereocenters. The lowest BCUT2D eigenvalue weighted by Crippen LogP contribution is -2.66. The van der Waals surface area contributed by atoms with E-state index < -0.39 is 255 Å². The molecule has 3 saturated heterocycles. The van der Waals surface area contributed by atoms with Crippen LogP contribution < -0.4 is 88.8 Å². The van der Waals surface area contributed by atoms with E-state index in [2.05, 4.69) is 73.8 Å². The van der Waals surface area contributed by atoms with Crippen molar-refractivity contribution in [2.24, 2.45) is 11.7 Å². The molecule has 3 fully saturated rings. The summed E-state index contributed by atoms with van der Waals surface area (Å²) in [4.78, 5) is 135. The number of hydrazine groups is 2. The summed E-state index contributed by atoms with van der Waals surface area (Å²) in [5.74, 6) is -15.6. The van der Waals surface area contributed by atoms with Gasteiger partial charge in [0.2, 0.25) is 53.4 Å². The molecule has 18 atom stereocenters. The average Bonchev–Trinajstić information content (AvgIpc) is 0.747. The number of anilines is 1. The highest BCUT2D eigenvalue weighted by Gasteiger charge is 2.53. The van der Waals surface area contributed by atoms with Crippen LogP contribution in [0.15, 0.2) is 103 Å². The summed E-state index contributed by atoms with van der Waals surface area (Å²) >= 11 is 14.4. The van der Waals surface area contributed by atoms with Crippen molar-refractivity contribution < 1.29 is 135 Å². The van der Waals surface area contributed by atoms with Crippen molar-refractivity contribution in [3.8, 4) is 62.9 Å². The van der Waals surface area contributed by atoms with Crippen molar-refractivity contribution >= 4 is 82.2 Å². The summed E-state index contributed by atoms with van der Waals surface area (Å²) in [6.07, 6.45) is -24.0. The van der Waals surface area contributed by atoms with Gasteiger partial charge >= 0.3 is 12.4 Å². The van der Waals surface area contributed by atoms with Gasteiger partial charge in [-0.15, -0.1) is 13.2 Å². The largest absolute Gasteiger partial charge is 0.573 e. The maximum absolute atomic E-state index is 16.3. The number of ether oxygens (including phenoxy) is 7. The number of alkyl halides is 3. The maximum atomic E-state index is 16.3. The molecule has 0 radical (unpaired) electrons. The Kier molecular flexibility index (Phi) is 30.2.